The largest absolute Gasteiger partial charge is 0.380 e. The smallest absolute Gasteiger partial charge is 0.0713 e. The van der Waals surface area contributed by atoms with Crippen molar-refractivity contribution in [2.45, 2.75) is 19.7 Å². The molecule has 0 atom stereocenters. The highest BCUT2D eigenvalue weighted by molar-refractivity contribution is 6.42. The summed E-state index contributed by atoms with van der Waals surface area (Å²) in [4.78, 5) is 3.35. The van der Waals surface area contributed by atoms with E-state index in [0.29, 0.717) is 16.7 Å². The topological polar surface area (TPSA) is 37.0 Å². The van der Waals surface area contributed by atoms with Crippen LogP contribution < -0.4 is 5.32 Å². The van der Waals surface area contributed by atoms with E-state index in [1.165, 1.54) is 11.1 Å². The van der Waals surface area contributed by atoms with E-state index in [4.69, 9.17) is 27.9 Å². The minimum atomic E-state index is 0.566. The molecule has 3 nitrogen and oxygen atoms in total. The number of ether oxygens (including phenoxy) is 1. The first-order valence-corrected chi connectivity index (χ1v) is 8.15. The number of methoxy groups -OCH3 is 1. The second-order valence-corrected chi connectivity index (χ2v) is 6.32. The van der Waals surface area contributed by atoms with Gasteiger partial charge in [0.05, 0.1) is 16.7 Å². The molecule has 0 amide bonds. The summed E-state index contributed by atoms with van der Waals surface area (Å²) in [6, 6.07) is 14.2. The molecular weight excluding hydrogens is 331 g/mol. The Kier molecular flexibility index (Phi) is 5.23. The van der Waals surface area contributed by atoms with E-state index in [9.17, 15) is 0 Å². The SMILES string of the molecule is COCc1ccc(CNCc2cc3cc(Cl)c(Cl)cc3[nH]2)cc1. The van der Waals surface area contributed by atoms with Crippen LogP contribution in [0.3, 0.4) is 0 Å². The van der Waals surface area contributed by atoms with Gasteiger partial charge in [0, 0.05) is 36.8 Å². The molecule has 120 valence electrons. The molecule has 0 radical (unpaired) electrons. The maximum atomic E-state index is 6.05. The number of rotatable bonds is 6. The Morgan fingerprint density at radius 3 is 2.39 bits per heavy atom. The Balaban J connectivity index is 1.60. The Labute approximate surface area is 145 Å². The third-order valence-corrected chi connectivity index (χ3v) is 4.42. The molecule has 0 saturated heterocycles. The summed E-state index contributed by atoms with van der Waals surface area (Å²) in [6.07, 6.45) is 0. The molecule has 0 fully saturated rings. The molecule has 1 aromatic heterocycles. The minimum absolute atomic E-state index is 0.566. The fourth-order valence-corrected chi connectivity index (χ4v) is 2.88. The van der Waals surface area contributed by atoms with Crippen LogP contribution in [0.1, 0.15) is 16.8 Å². The summed E-state index contributed by atoms with van der Waals surface area (Å²) in [6.45, 7) is 2.21. The van der Waals surface area contributed by atoms with Gasteiger partial charge in [0.25, 0.3) is 0 Å². The molecule has 0 unspecified atom stereocenters. The highest BCUT2D eigenvalue weighted by atomic mass is 35.5. The van der Waals surface area contributed by atoms with Crippen molar-refractivity contribution in [1.82, 2.24) is 10.3 Å². The van der Waals surface area contributed by atoms with Crippen molar-refractivity contribution in [3.05, 3.63) is 69.3 Å². The molecular formula is C18H18Cl2N2O. The van der Waals surface area contributed by atoms with Crippen LogP contribution in [0.2, 0.25) is 10.0 Å². The molecule has 1 heterocycles. The summed E-state index contributed by atoms with van der Waals surface area (Å²) in [5.41, 5.74) is 4.53. The normalized spacial score (nSPS) is 11.3. The Hall–Kier alpha value is -1.52. The minimum Gasteiger partial charge on any atom is -0.380 e. The van der Waals surface area contributed by atoms with Crippen LogP contribution in [0.15, 0.2) is 42.5 Å². The lowest BCUT2D eigenvalue weighted by Crippen LogP contribution is -2.12. The molecule has 0 bridgehead atoms. The molecule has 0 aliphatic heterocycles. The molecule has 0 aliphatic rings. The number of hydrogen-bond acceptors (Lipinski definition) is 2. The van der Waals surface area contributed by atoms with Gasteiger partial charge in [-0.05, 0) is 29.3 Å². The third-order valence-electron chi connectivity index (χ3n) is 3.70. The standard InChI is InChI=1S/C18H18Cl2N2O/c1-23-11-13-4-2-12(3-5-13)9-21-10-15-6-14-7-16(19)17(20)8-18(14)22-15/h2-8,21-22H,9-11H2,1H3. The van der Waals surface area contributed by atoms with Gasteiger partial charge in [-0.3, -0.25) is 0 Å². The average molecular weight is 349 g/mol. The number of halogens is 2. The number of hydrogen-bond donors (Lipinski definition) is 2. The van der Waals surface area contributed by atoms with E-state index in [1.807, 2.05) is 12.1 Å². The number of fused-ring (bicyclic) bond motifs is 1. The van der Waals surface area contributed by atoms with Crippen molar-refractivity contribution < 1.29 is 4.74 Å². The van der Waals surface area contributed by atoms with Crippen LogP contribution in [0.4, 0.5) is 0 Å². The predicted molar refractivity (Wildman–Crippen MR) is 96.0 cm³/mol. The lowest BCUT2D eigenvalue weighted by molar-refractivity contribution is 0.185. The monoisotopic (exact) mass is 348 g/mol. The lowest BCUT2D eigenvalue weighted by atomic mass is 10.1. The van der Waals surface area contributed by atoms with Gasteiger partial charge < -0.3 is 15.0 Å². The average Bonchev–Trinajstić information content (AvgIpc) is 2.91. The van der Waals surface area contributed by atoms with Crippen LogP contribution in [0.5, 0.6) is 0 Å². The highest BCUT2D eigenvalue weighted by Crippen LogP contribution is 2.28. The van der Waals surface area contributed by atoms with Gasteiger partial charge in [-0.2, -0.15) is 0 Å². The summed E-state index contributed by atoms with van der Waals surface area (Å²) < 4.78 is 5.11. The third kappa shape index (κ3) is 4.06. The van der Waals surface area contributed by atoms with Crippen molar-refractivity contribution in [2.24, 2.45) is 0 Å². The zero-order valence-electron chi connectivity index (χ0n) is 12.8. The van der Waals surface area contributed by atoms with Crippen molar-refractivity contribution in [3.63, 3.8) is 0 Å². The van der Waals surface area contributed by atoms with Gasteiger partial charge in [-0.1, -0.05) is 47.5 Å². The second kappa shape index (κ2) is 7.37. The summed E-state index contributed by atoms with van der Waals surface area (Å²) in [5.74, 6) is 0. The maximum absolute atomic E-state index is 6.05. The number of nitrogens with one attached hydrogen (secondary N) is 2. The van der Waals surface area contributed by atoms with Crippen LogP contribution in [0, 0.1) is 0 Å². The van der Waals surface area contributed by atoms with E-state index in [-0.39, 0.29) is 0 Å². The molecule has 2 N–H and O–H groups in total. The van der Waals surface area contributed by atoms with E-state index in [2.05, 4.69) is 40.6 Å². The quantitative estimate of drug-likeness (QED) is 0.663. The molecule has 2 aromatic carbocycles. The van der Waals surface area contributed by atoms with Gasteiger partial charge in [-0.15, -0.1) is 0 Å². The van der Waals surface area contributed by atoms with Crippen LogP contribution in [0.25, 0.3) is 10.9 Å². The summed E-state index contributed by atoms with van der Waals surface area (Å²) in [5, 5.41) is 5.64. The number of H-pyrrole nitrogens is 1. The van der Waals surface area contributed by atoms with E-state index in [0.717, 1.165) is 29.7 Å². The molecule has 3 rings (SSSR count). The Bertz CT molecular complexity index is 758. The van der Waals surface area contributed by atoms with Gasteiger partial charge in [0.1, 0.15) is 0 Å². The maximum Gasteiger partial charge on any atom is 0.0713 e. The number of aromatic amines is 1. The second-order valence-electron chi connectivity index (χ2n) is 5.50. The molecule has 0 aliphatic carbocycles. The van der Waals surface area contributed by atoms with Crippen molar-refractivity contribution in [2.75, 3.05) is 7.11 Å². The van der Waals surface area contributed by atoms with Gasteiger partial charge in [-0.25, -0.2) is 0 Å². The molecule has 0 saturated carbocycles. The predicted octanol–water partition coefficient (Wildman–Crippen LogP) is 4.91. The van der Waals surface area contributed by atoms with Crippen LogP contribution >= 0.6 is 23.2 Å². The molecule has 23 heavy (non-hydrogen) atoms. The summed E-state index contributed by atoms with van der Waals surface area (Å²) >= 11 is 12.1. The zero-order valence-corrected chi connectivity index (χ0v) is 14.3. The van der Waals surface area contributed by atoms with Crippen LogP contribution in [-0.2, 0) is 24.4 Å². The number of benzene rings is 2. The fourth-order valence-electron chi connectivity index (χ4n) is 2.54. The van der Waals surface area contributed by atoms with Crippen molar-refractivity contribution in [3.8, 4) is 0 Å². The van der Waals surface area contributed by atoms with Gasteiger partial charge in [0.2, 0.25) is 0 Å². The Morgan fingerprint density at radius 2 is 1.65 bits per heavy atom. The molecule has 0 spiro atoms. The summed E-state index contributed by atoms with van der Waals surface area (Å²) in [7, 11) is 1.70. The lowest BCUT2D eigenvalue weighted by Gasteiger charge is -2.05. The Morgan fingerprint density at radius 1 is 0.957 bits per heavy atom. The van der Waals surface area contributed by atoms with Gasteiger partial charge in [0.15, 0.2) is 0 Å². The van der Waals surface area contributed by atoms with E-state index >= 15 is 0 Å². The van der Waals surface area contributed by atoms with Crippen molar-refractivity contribution >= 4 is 34.1 Å². The van der Waals surface area contributed by atoms with Crippen molar-refractivity contribution in [1.29, 1.82) is 0 Å². The van der Waals surface area contributed by atoms with Gasteiger partial charge >= 0.3 is 0 Å². The van der Waals surface area contributed by atoms with E-state index in [1.54, 1.807) is 7.11 Å². The first kappa shape index (κ1) is 16.3. The first-order valence-electron chi connectivity index (χ1n) is 7.40. The van der Waals surface area contributed by atoms with E-state index < -0.39 is 0 Å². The zero-order chi connectivity index (χ0) is 16.2. The number of aromatic nitrogens is 1. The van der Waals surface area contributed by atoms with Crippen LogP contribution in [-0.4, -0.2) is 12.1 Å². The highest BCUT2D eigenvalue weighted by Gasteiger charge is 2.05. The first-order chi connectivity index (χ1) is 11.2. The molecule has 5 heteroatoms. The molecule has 3 aromatic rings. The fraction of sp³-hybridized carbons (Fsp3) is 0.222.